The molecule has 16 heavy (non-hydrogen) atoms. The molecule has 2 unspecified atom stereocenters. The van der Waals surface area contributed by atoms with Gasteiger partial charge in [-0.3, -0.25) is 10.1 Å². The molecule has 0 aromatic rings. The van der Waals surface area contributed by atoms with Crippen LogP contribution in [0.1, 0.15) is 47.0 Å². The number of aliphatic hydroxyl groups is 1. The first kappa shape index (κ1) is 15.4. The third-order valence-electron chi connectivity index (χ3n) is 2.93. The zero-order valence-electron chi connectivity index (χ0n) is 10.8. The number of aliphatic carboxylic acids is 1. The minimum Gasteiger partial charge on any atom is -0.480 e. The molecule has 0 amide bonds. The van der Waals surface area contributed by atoms with Crippen molar-refractivity contribution in [1.82, 2.24) is 5.32 Å². The van der Waals surface area contributed by atoms with E-state index < -0.39 is 11.5 Å². The Morgan fingerprint density at radius 2 is 2.00 bits per heavy atom. The van der Waals surface area contributed by atoms with Gasteiger partial charge in [0.15, 0.2) is 0 Å². The van der Waals surface area contributed by atoms with Crippen LogP contribution in [0.3, 0.4) is 0 Å². The molecule has 3 N–H and O–H groups in total. The van der Waals surface area contributed by atoms with E-state index in [1.165, 1.54) is 0 Å². The Hall–Kier alpha value is -0.610. The number of carbonyl (C=O) groups is 1. The second kappa shape index (κ2) is 6.86. The van der Waals surface area contributed by atoms with Crippen molar-refractivity contribution in [2.45, 2.75) is 58.5 Å². The molecule has 0 rings (SSSR count). The van der Waals surface area contributed by atoms with Gasteiger partial charge >= 0.3 is 5.97 Å². The fourth-order valence-corrected chi connectivity index (χ4v) is 1.55. The zero-order valence-corrected chi connectivity index (χ0v) is 10.8. The molecule has 0 saturated heterocycles. The molecule has 0 aliphatic carbocycles. The van der Waals surface area contributed by atoms with Crippen molar-refractivity contribution in [1.29, 1.82) is 0 Å². The van der Waals surface area contributed by atoms with Gasteiger partial charge in [-0.1, -0.05) is 20.8 Å². The Morgan fingerprint density at radius 1 is 1.44 bits per heavy atom. The Labute approximate surface area is 98.1 Å². The van der Waals surface area contributed by atoms with Crippen molar-refractivity contribution in [3.63, 3.8) is 0 Å². The van der Waals surface area contributed by atoms with E-state index in [2.05, 4.69) is 19.2 Å². The van der Waals surface area contributed by atoms with E-state index in [1.54, 1.807) is 6.92 Å². The average molecular weight is 231 g/mol. The maximum atomic E-state index is 11.3. The SMILES string of the molecule is CCC(CO)NC(C)(CCC(C)C)C(=O)O. The molecule has 0 aromatic heterocycles. The zero-order chi connectivity index (χ0) is 12.8. The van der Waals surface area contributed by atoms with Crippen LogP contribution in [-0.2, 0) is 4.79 Å². The summed E-state index contributed by atoms with van der Waals surface area (Å²) in [5, 5.41) is 21.4. The molecular formula is C12H25NO3. The minimum atomic E-state index is -0.937. The van der Waals surface area contributed by atoms with Crippen LogP contribution in [0.5, 0.6) is 0 Å². The number of carboxylic acid groups (broad SMARTS) is 1. The highest BCUT2D eigenvalue weighted by Gasteiger charge is 2.34. The Bertz CT molecular complexity index is 214. The third kappa shape index (κ3) is 4.94. The molecule has 0 bridgehead atoms. The summed E-state index contributed by atoms with van der Waals surface area (Å²) >= 11 is 0. The normalized spacial score (nSPS) is 17.1. The molecule has 0 aromatic carbocycles. The van der Waals surface area contributed by atoms with Crippen LogP contribution in [0.4, 0.5) is 0 Å². The van der Waals surface area contributed by atoms with Gasteiger partial charge in [0.1, 0.15) is 5.54 Å². The summed E-state index contributed by atoms with van der Waals surface area (Å²) in [5.74, 6) is -0.366. The van der Waals surface area contributed by atoms with Gasteiger partial charge in [-0.2, -0.15) is 0 Å². The molecule has 0 aliphatic rings. The Balaban J connectivity index is 4.49. The highest BCUT2D eigenvalue weighted by molar-refractivity contribution is 5.78. The standard InChI is InChI=1S/C12H25NO3/c1-5-10(8-14)13-12(4,11(15)16)7-6-9(2)3/h9-10,13-14H,5-8H2,1-4H3,(H,15,16). The van der Waals surface area contributed by atoms with E-state index in [-0.39, 0.29) is 12.6 Å². The first-order chi connectivity index (χ1) is 7.35. The summed E-state index contributed by atoms with van der Waals surface area (Å²) in [6.45, 7) is 7.74. The predicted molar refractivity (Wildman–Crippen MR) is 64.4 cm³/mol. The maximum Gasteiger partial charge on any atom is 0.323 e. The predicted octanol–water partition coefficient (Wildman–Crippen LogP) is 1.63. The number of hydrogen-bond donors (Lipinski definition) is 3. The Morgan fingerprint density at radius 3 is 2.31 bits per heavy atom. The van der Waals surface area contributed by atoms with E-state index in [0.717, 1.165) is 12.8 Å². The first-order valence-electron chi connectivity index (χ1n) is 5.97. The topological polar surface area (TPSA) is 69.6 Å². The van der Waals surface area contributed by atoms with Crippen molar-refractivity contribution in [2.75, 3.05) is 6.61 Å². The van der Waals surface area contributed by atoms with Gasteiger partial charge in [-0.25, -0.2) is 0 Å². The molecular weight excluding hydrogens is 206 g/mol. The van der Waals surface area contributed by atoms with Gasteiger partial charge < -0.3 is 10.2 Å². The average Bonchev–Trinajstić information content (AvgIpc) is 2.22. The minimum absolute atomic E-state index is 0.0267. The van der Waals surface area contributed by atoms with Gasteiger partial charge in [0.2, 0.25) is 0 Å². The molecule has 96 valence electrons. The van der Waals surface area contributed by atoms with Crippen molar-refractivity contribution >= 4 is 5.97 Å². The lowest BCUT2D eigenvalue weighted by atomic mass is 9.91. The van der Waals surface area contributed by atoms with E-state index in [4.69, 9.17) is 5.11 Å². The largest absolute Gasteiger partial charge is 0.480 e. The van der Waals surface area contributed by atoms with Crippen molar-refractivity contribution in [3.05, 3.63) is 0 Å². The quantitative estimate of drug-likeness (QED) is 0.594. The summed E-state index contributed by atoms with van der Waals surface area (Å²) in [5.41, 5.74) is -0.937. The molecule has 0 fully saturated rings. The van der Waals surface area contributed by atoms with Gasteiger partial charge in [0.25, 0.3) is 0 Å². The van der Waals surface area contributed by atoms with E-state index in [1.807, 2.05) is 6.92 Å². The first-order valence-corrected chi connectivity index (χ1v) is 5.97. The Kier molecular flexibility index (Phi) is 6.60. The molecule has 2 atom stereocenters. The van der Waals surface area contributed by atoms with Crippen LogP contribution in [0.15, 0.2) is 0 Å². The fourth-order valence-electron chi connectivity index (χ4n) is 1.55. The summed E-state index contributed by atoms with van der Waals surface area (Å²) in [4.78, 5) is 11.3. The van der Waals surface area contributed by atoms with Gasteiger partial charge in [0, 0.05) is 6.04 Å². The van der Waals surface area contributed by atoms with Crippen LogP contribution in [0.25, 0.3) is 0 Å². The van der Waals surface area contributed by atoms with Gasteiger partial charge in [0.05, 0.1) is 6.61 Å². The summed E-state index contributed by atoms with van der Waals surface area (Å²) in [7, 11) is 0. The van der Waals surface area contributed by atoms with Gasteiger partial charge in [-0.05, 0) is 32.1 Å². The summed E-state index contributed by atoms with van der Waals surface area (Å²) in [6.07, 6.45) is 2.16. The monoisotopic (exact) mass is 231 g/mol. The summed E-state index contributed by atoms with van der Waals surface area (Å²) < 4.78 is 0. The molecule has 0 saturated carbocycles. The number of rotatable bonds is 8. The number of carboxylic acids is 1. The molecule has 0 radical (unpaired) electrons. The molecule has 4 nitrogen and oxygen atoms in total. The van der Waals surface area contributed by atoms with E-state index >= 15 is 0 Å². The lowest BCUT2D eigenvalue weighted by Crippen LogP contribution is -2.54. The van der Waals surface area contributed by atoms with Crippen molar-refractivity contribution in [2.24, 2.45) is 5.92 Å². The van der Waals surface area contributed by atoms with E-state index in [0.29, 0.717) is 12.3 Å². The van der Waals surface area contributed by atoms with Crippen LogP contribution < -0.4 is 5.32 Å². The molecule has 4 heteroatoms. The smallest absolute Gasteiger partial charge is 0.323 e. The molecule has 0 aliphatic heterocycles. The molecule has 0 spiro atoms. The second-order valence-electron chi connectivity index (χ2n) is 5.00. The second-order valence-corrected chi connectivity index (χ2v) is 5.00. The van der Waals surface area contributed by atoms with E-state index in [9.17, 15) is 9.90 Å². The van der Waals surface area contributed by atoms with Crippen molar-refractivity contribution in [3.8, 4) is 0 Å². The van der Waals surface area contributed by atoms with Crippen LogP contribution in [0, 0.1) is 5.92 Å². The number of aliphatic hydroxyl groups excluding tert-OH is 1. The highest BCUT2D eigenvalue weighted by Crippen LogP contribution is 2.18. The van der Waals surface area contributed by atoms with Crippen LogP contribution in [-0.4, -0.2) is 34.4 Å². The fraction of sp³-hybridized carbons (Fsp3) is 0.917. The van der Waals surface area contributed by atoms with Crippen LogP contribution >= 0.6 is 0 Å². The third-order valence-corrected chi connectivity index (χ3v) is 2.93. The number of nitrogens with one attached hydrogen (secondary N) is 1. The lowest BCUT2D eigenvalue weighted by molar-refractivity contribution is -0.145. The maximum absolute atomic E-state index is 11.3. The summed E-state index contributed by atoms with van der Waals surface area (Å²) in [6, 6.07) is -0.145. The van der Waals surface area contributed by atoms with Crippen molar-refractivity contribution < 1.29 is 15.0 Å². The van der Waals surface area contributed by atoms with Gasteiger partial charge in [-0.15, -0.1) is 0 Å². The van der Waals surface area contributed by atoms with Crippen LogP contribution in [0.2, 0.25) is 0 Å². The highest BCUT2D eigenvalue weighted by atomic mass is 16.4. The lowest BCUT2D eigenvalue weighted by Gasteiger charge is -2.31. The number of hydrogen-bond acceptors (Lipinski definition) is 3. The molecule has 0 heterocycles.